The van der Waals surface area contributed by atoms with Gasteiger partial charge in [-0.1, -0.05) is 18.0 Å². The van der Waals surface area contributed by atoms with E-state index >= 15 is 0 Å². The van der Waals surface area contributed by atoms with Gasteiger partial charge >= 0.3 is 0 Å². The maximum atomic E-state index is 5.83. The lowest BCUT2D eigenvalue weighted by atomic mass is 10.0. The molecule has 1 aliphatic carbocycles. The van der Waals surface area contributed by atoms with Crippen LogP contribution in [0.5, 0.6) is 0 Å². The number of thiazole rings is 1. The summed E-state index contributed by atoms with van der Waals surface area (Å²) >= 11 is 7.50. The Morgan fingerprint density at radius 1 is 1.36 bits per heavy atom. The van der Waals surface area contributed by atoms with Crippen LogP contribution in [0.25, 0.3) is 0 Å². The number of aromatic nitrogens is 1. The van der Waals surface area contributed by atoms with Crippen molar-refractivity contribution in [3.63, 3.8) is 0 Å². The fraction of sp³-hybridized carbons (Fsp3) is 0.700. The van der Waals surface area contributed by atoms with Gasteiger partial charge in [0.05, 0.1) is 0 Å². The van der Waals surface area contributed by atoms with Crippen molar-refractivity contribution >= 4 is 28.1 Å². The van der Waals surface area contributed by atoms with Gasteiger partial charge in [0.2, 0.25) is 0 Å². The summed E-state index contributed by atoms with van der Waals surface area (Å²) in [5.41, 5.74) is 0. The van der Waals surface area contributed by atoms with Gasteiger partial charge in [-0.3, -0.25) is 0 Å². The lowest BCUT2D eigenvalue weighted by molar-refractivity contribution is 0.494. The first-order valence-corrected chi connectivity index (χ1v) is 6.44. The van der Waals surface area contributed by atoms with Gasteiger partial charge in [-0.25, -0.2) is 4.98 Å². The van der Waals surface area contributed by atoms with E-state index in [-0.39, 0.29) is 0 Å². The highest BCUT2D eigenvalue weighted by Gasteiger charge is 2.36. The van der Waals surface area contributed by atoms with Crippen molar-refractivity contribution in [2.24, 2.45) is 11.8 Å². The van der Waals surface area contributed by atoms with E-state index in [1.807, 2.05) is 5.38 Å². The third kappa shape index (κ3) is 1.43. The lowest BCUT2D eigenvalue weighted by Crippen LogP contribution is -2.20. The number of anilines is 1. The summed E-state index contributed by atoms with van der Waals surface area (Å²) in [5, 5.41) is 3.68. The molecule has 3 rings (SSSR count). The second-order valence-corrected chi connectivity index (χ2v) is 5.53. The highest BCUT2D eigenvalue weighted by molar-refractivity contribution is 7.14. The third-order valence-electron chi connectivity index (χ3n) is 3.46. The Balaban J connectivity index is 1.76. The molecular formula is C10H13ClN2S. The summed E-state index contributed by atoms with van der Waals surface area (Å²) < 4.78 is 0. The zero-order valence-corrected chi connectivity index (χ0v) is 9.52. The van der Waals surface area contributed by atoms with Crippen molar-refractivity contribution in [3.05, 3.63) is 10.5 Å². The zero-order chi connectivity index (χ0) is 9.54. The minimum absolute atomic E-state index is 0.641. The zero-order valence-electron chi connectivity index (χ0n) is 7.95. The second-order valence-electron chi connectivity index (χ2n) is 4.31. The van der Waals surface area contributed by atoms with Gasteiger partial charge in [0.1, 0.15) is 5.15 Å². The molecule has 0 bridgehead atoms. The van der Waals surface area contributed by atoms with Crippen molar-refractivity contribution < 1.29 is 0 Å². The van der Waals surface area contributed by atoms with E-state index in [9.17, 15) is 0 Å². The van der Waals surface area contributed by atoms with Crippen LogP contribution in [0.15, 0.2) is 5.38 Å². The van der Waals surface area contributed by atoms with Gasteiger partial charge < -0.3 is 4.90 Å². The fourth-order valence-electron chi connectivity index (χ4n) is 2.78. The molecule has 2 unspecified atom stereocenters. The Kier molecular flexibility index (Phi) is 2.17. The van der Waals surface area contributed by atoms with E-state index < -0.39 is 0 Å². The van der Waals surface area contributed by atoms with E-state index in [1.54, 1.807) is 11.3 Å². The lowest BCUT2D eigenvalue weighted by Gasteiger charge is -2.14. The molecule has 1 aliphatic heterocycles. The van der Waals surface area contributed by atoms with E-state index in [4.69, 9.17) is 11.6 Å². The van der Waals surface area contributed by atoms with Crippen molar-refractivity contribution in [2.45, 2.75) is 19.3 Å². The Labute approximate surface area is 92.9 Å². The molecule has 0 radical (unpaired) electrons. The molecule has 1 saturated carbocycles. The first-order valence-electron chi connectivity index (χ1n) is 5.19. The number of hydrogen-bond donors (Lipinski definition) is 0. The average Bonchev–Trinajstić information content (AvgIpc) is 2.75. The molecule has 2 heterocycles. The quantitative estimate of drug-likeness (QED) is 0.735. The summed E-state index contributed by atoms with van der Waals surface area (Å²) in [6.07, 6.45) is 4.27. The highest BCUT2D eigenvalue weighted by atomic mass is 35.5. The van der Waals surface area contributed by atoms with Crippen LogP contribution in [0, 0.1) is 11.8 Å². The van der Waals surface area contributed by atoms with Crippen LogP contribution in [0.1, 0.15) is 19.3 Å². The van der Waals surface area contributed by atoms with Gasteiger partial charge in [0, 0.05) is 18.5 Å². The van der Waals surface area contributed by atoms with Crippen LogP contribution in [0.3, 0.4) is 0 Å². The normalized spacial score (nSPS) is 31.1. The Morgan fingerprint density at radius 2 is 2.07 bits per heavy atom. The summed E-state index contributed by atoms with van der Waals surface area (Å²) in [6.45, 7) is 2.41. The molecule has 2 nitrogen and oxygen atoms in total. The number of hydrogen-bond acceptors (Lipinski definition) is 3. The molecule has 1 aromatic rings. The van der Waals surface area contributed by atoms with Gasteiger partial charge in [-0.2, -0.15) is 0 Å². The monoisotopic (exact) mass is 228 g/mol. The molecule has 0 spiro atoms. The van der Waals surface area contributed by atoms with E-state index in [1.165, 1.54) is 32.4 Å². The van der Waals surface area contributed by atoms with Crippen LogP contribution in [0.2, 0.25) is 5.15 Å². The first-order chi connectivity index (χ1) is 6.83. The number of rotatable bonds is 1. The predicted octanol–water partition coefficient (Wildman–Crippen LogP) is 3.03. The summed E-state index contributed by atoms with van der Waals surface area (Å²) in [7, 11) is 0. The van der Waals surface area contributed by atoms with Crippen molar-refractivity contribution in [1.29, 1.82) is 0 Å². The van der Waals surface area contributed by atoms with Crippen molar-refractivity contribution in [3.8, 4) is 0 Å². The van der Waals surface area contributed by atoms with Crippen LogP contribution >= 0.6 is 22.9 Å². The molecule has 1 aromatic heterocycles. The fourth-order valence-corrected chi connectivity index (χ4v) is 3.75. The first kappa shape index (κ1) is 8.98. The van der Waals surface area contributed by atoms with Crippen LogP contribution < -0.4 is 4.90 Å². The molecule has 2 aliphatic rings. The van der Waals surface area contributed by atoms with E-state index in [0.29, 0.717) is 5.15 Å². The molecule has 0 aromatic carbocycles. The second kappa shape index (κ2) is 3.38. The summed E-state index contributed by atoms with van der Waals surface area (Å²) in [4.78, 5) is 6.74. The molecule has 0 amide bonds. The maximum Gasteiger partial charge on any atom is 0.186 e. The molecule has 2 fully saturated rings. The molecule has 1 saturated heterocycles. The van der Waals surface area contributed by atoms with E-state index in [0.717, 1.165) is 17.0 Å². The maximum absolute atomic E-state index is 5.83. The summed E-state index contributed by atoms with van der Waals surface area (Å²) in [6, 6.07) is 0. The predicted molar refractivity (Wildman–Crippen MR) is 60.2 cm³/mol. The van der Waals surface area contributed by atoms with Gasteiger partial charge in [-0.15, -0.1) is 11.3 Å². The standard InChI is InChI=1S/C10H13ClN2S/c11-9-6-14-10(12-9)13-4-7-2-1-3-8(7)5-13/h6-8H,1-5H2. The molecule has 0 N–H and O–H groups in total. The highest BCUT2D eigenvalue weighted by Crippen LogP contribution is 2.40. The van der Waals surface area contributed by atoms with E-state index in [2.05, 4.69) is 9.88 Å². The molecule has 14 heavy (non-hydrogen) atoms. The minimum atomic E-state index is 0.641. The number of nitrogens with zero attached hydrogens (tertiary/aromatic N) is 2. The summed E-state index contributed by atoms with van der Waals surface area (Å²) in [5.74, 6) is 1.86. The average molecular weight is 229 g/mol. The van der Waals surface area contributed by atoms with Gasteiger partial charge in [-0.05, 0) is 24.7 Å². The topological polar surface area (TPSA) is 16.1 Å². The Morgan fingerprint density at radius 3 is 2.64 bits per heavy atom. The molecule has 2 atom stereocenters. The Hall–Kier alpha value is -0.280. The van der Waals surface area contributed by atoms with Crippen LogP contribution in [0.4, 0.5) is 5.13 Å². The SMILES string of the molecule is Clc1csc(N2CC3CCCC3C2)n1. The molecule has 76 valence electrons. The Bertz CT molecular complexity index is 327. The minimum Gasteiger partial charge on any atom is -0.347 e. The molecular weight excluding hydrogens is 216 g/mol. The van der Waals surface area contributed by atoms with Crippen LogP contribution in [-0.2, 0) is 0 Å². The van der Waals surface area contributed by atoms with Crippen molar-refractivity contribution in [2.75, 3.05) is 18.0 Å². The van der Waals surface area contributed by atoms with Gasteiger partial charge in [0.25, 0.3) is 0 Å². The van der Waals surface area contributed by atoms with Crippen molar-refractivity contribution in [1.82, 2.24) is 4.98 Å². The largest absolute Gasteiger partial charge is 0.347 e. The number of halogens is 1. The number of fused-ring (bicyclic) bond motifs is 1. The third-order valence-corrected chi connectivity index (χ3v) is 4.69. The van der Waals surface area contributed by atoms with Crippen LogP contribution in [-0.4, -0.2) is 18.1 Å². The molecule has 4 heteroatoms. The van der Waals surface area contributed by atoms with Gasteiger partial charge in [0.15, 0.2) is 5.13 Å². The smallest absolute Gasteiger partial charge is 0.186 e.